The summed E-state index contributed by atoms with van der Waals surface area (Å²) in [5, 5.41) is 0. The van der Waals surface area contributed by atoms with Gasteiger partial charge in [-0.15, -0.1) is 0 Å². The van der Waals surface area contributed by atoms with Crippen molar-refractivity contribution in [3.05, 3.63) is 36.4 Å². The van der Waals surface area contributed by atoms with Gasteiger partial charge < -0.3 is 0 Å². The van der Waals surface area contributed by atoms with E-state index in [2.05, 4.69) is 12.1 Å². The van der Waals surface area contributed by atoms with Crippen LogP contribution in [-0.2, 0) is 19.5 Å². The molecule has 1 heteroatoms. The minimum absolute atomic E-state index is 0. The van der Waals surface area contributed by atoms with Gasteiger partial charge in [-0.1, -0.05) is 24.3 Å². The second-order valence-electron chi connectivity index (χ2n) is 1.01. The van der Waals surface area contributed by atoms with Crippen LogP contribution in [0.5, 0.6) is 0 Å². The van der Waals surface area contributed by atoms with Crippen LogP contribution in [0.25, 0.3) is 0 Å². The molecule has 30 valence electrons. The smallest absolute Gasteiger partial charge is 0 e. The summed E-state index contributed by atoms with van der Waals surface area (Å²) in [5.74, 6) is 0. The summed E-state index contributed by atoms with van der Waals surface area (Å²) in [7, 11) is 0. The van der Waals surface area contributed by atoms with Crippen LogP contribution < -0.4 is 0 Å². The summed E-state index contributed by atoms with van der Waals surface area (Å²) >= 11 is 0. The van der Waals surface area contributed by atoms with Crippen LogP contribution in [0.1, 0.15) is 0 Å². The van der Waals surface area contributed by atoms with Crippen molar-refractivity contribution in [3.8, 4) is 0 Å². The fourth-order valence-electron chi connectivity index (χ4n) is 0.304. The minimum atomic E-state index is 0. The molecule has 0 heterocycles. The Kier molecular flexibility index (Phi) is 3.66. The number of hydrogen-bond donors (Lipinski definition) is 0. The summed E-state index contributed by atoms with van der Waals surface area (Å²) in [6.45, 7) is 0. The molecule has 0 unspecified atom stereocenters. The van der Waals surface area contributed by atoms with E-state index in [-0.39, 0.29) is 19.5 Å². The van der Waals surface area contributed by atoms with E-state index in [9.17, 15) is 0 Å². The Balaban J connectivity index is 0.000000360. The molecular formula is C6H4Zn. The van der Waals surface area contributed by atoms with E-state index < -0.39 is 0 Å². The molecule has 1 rings (SSSR count). The van der Waals surface area contributed by atoms with Gasteiger partial charge in [-0.2, -0.15) is 0 Å². The van der Waals surface area contributed by atoms with Crippen LogP contribution in [0.15, 0.2) is 24.3 Å². The standard InChI is InChI=1S/C6H4.Zn/c1-2-4-6-5-3-1;/h1-4H;. The van der Waals surface area contributed by atoms with Crippen LogP contribution in [0.3, 0.4) is 0 Å². The van der Waals surface area contributed by atoms with E-state index in [4.69, 9.17) is 0 Å². The maximum Gasteiger partial charge on any atom is 0 e. The second-order valence-corrected chi connectivity index (χ2v) is 1.01. The zero-order valence-corrected chi connectivity index (χ0v) is 6.98. The summed E-state index contributed by atoms with van der Waals surface area (Å²) in [4.78, 5) is 0. The van der Waals surface area contributed by atoms with Gasteiger partial charge in [0.05, 0.1) is 0 Å². The molecule has 0 nitrogen and oxygen atoms in total. The molecule has 0 aliphatic carbocycles. The largest absolute Gasteiger partial charge is 0.0702 e. The molecule has 1 aromatic carbocycles. The molecule has 0 amide bonds. The summed E-state index contributed by atoms with van der Waals surface area (Å²) in [6.07, 6.45) is 0. The van der Waals surface area contributed by atoms with Crippen molar-refractivity contribution >= 4 is 0 Å². The molecule has 0 radical (unpaired) electrons. The Labute approximate surface area is 56.3 Å². The Morgan fingerprint density at radius 2 is 1.29 bits per heavy atom. The summed E-state index contributed by atoms with van der Waals surface area (Å²) < 4.78 is 0. The van der Waals surface area contributed by atoms with E-state index in [1.165, 1.54) is 0 Å². The second kappa shape index (κ2) is 3.84. The van der Waals surface area contributed by atoms with E-state index in [0.29, 0.717) is 0 Å². The van der Waals surface area contributed by atoms with Crippen molar-refractivity contribution in [2.45, 2.75) is 0 Å². The predicted octanol–water partition coefficient (Wildman–Crippen LogP) is 1.28. The first kappa shape index (κ1) is 6.66. The molecule has 0 bridgehead atoms. The van der Waals surface area contributed by atoms with Gasteiger partial charge >= 0.3 is 0 Å². The zero-order chi connectivity index (χ0) is 4.24. The van der Waals surface area contributed by atoms with E-state index >= 15 is 0 Å². The molecule has 0 fully saturated rings. The predicted molar refractivity (Wildman–Crippen MR) is 24.1 cm³/mol. The van der Waals surface area contributed by atoms with Gasteiger partial charge in [0.15, 0.2) is 0 Å². The first-order valence-corrected chi connectivity index (χ1v) is 1.83. The molecule has 0 saturated carbocycles. The zero-order valence-electron chi connectivity index (χ0n) is 4.02. The fraction of sp³-hybridized carbons (Fsp3) is 0. The van der Waals surface area contributed by atoms with Gasteiger partial charge in [0.1, 0.15) is 0 Å². The van der Waals surface area contributed by atoms with Gasteiger partial charge in [0.2, 0.25) is 0 Å². The van der Waals surface area contributed by atoms with Crippen molar-refractivity contribution < 1.29 is 19.5 Å². The molecule has 7 heavy (non-hydrogen) atoms. The Morgan fingerprint density at radius 3 is 1.43 bits per heavy atom. The van der Waals surface area contributed by atoms with Crippen molar-refractivity contribution in [2.24, 2.45) is 0 Å². The average molecular weight is 141 g/mol. The third-order valence-corrected chi connectivity index (χ3v) is 0.554. The van der Waals surface area contributed by atoms with E-state index in [1.807, 2.05) is 24.3 Å². The third kappa shape index (κ3) is 2.37. The van der Waals surface area contributed by atoms with E-state index in [1.54, 1.807) is 0 Å². The monoisotopic (exact) mass is 140 g/mol. The molecule has 0 aliphatic rings. The van der Waals surface area contributed by atoms with Crippen LogP contribution in [-0.4, -0.2) is 0 Å². The first-order chi connectivity index (χ1) is 3.00. The SMILES string of the molecule is [Zn].c1ccccc#1. The van der Waals surface area contributed by atoms with E-state index in [0.717, 1.165) is 0 Å². The van der Waals surface area contributed by atoms with Crippen molar-refractivity contribution in [1.82, 2.24) is 0 Å². The quantitative estimate of drug-likeness (QED) is 0.478. The van der Waals surface area contributed by atoms with Gasteiger partial charge in [-0.3, -0.25) is 0 Å². The van der Waals surface area contributed by atoms with Gasteiger partial charge in [0, 0.05) is 19.5 Å². The van der Waals surface area contributed by atoms with Gasteiger partial charge in [-0.25, -0.2) is 0 Å². The Hall–Kier alpha value is -0.337. The van der Waals surface area contributed by atoms with Crippen LogP contribution in [0, 0.1) is 12.1 Å². The molecule has 0 saturated heterocycles. The average Bonchev–Trinajstić information content (AvgIpc) is 1.72. The van der Waals surface area contributed by atoms with Crippen LogP contribution >= 0.6 is 0 Å². The molecule has 0 aliphatic heterocycles. The van der Waals surface area contributed by atoms with Crippen LogP contribution in [0.4, 0.5) is 0 Å². The summed E-state index contributed by atoms with van der Waals surface area (Å²) in [5.41, 5.74) is 0. The number of hydrogen-bond acceptors (Lipinski definition) is 0. The fourth-order valence-corrected chi connectivity index (χ4v) is 0.304. The molecule has 0 aromatic heterocycles. The summed E-state index contributed by atoms with van der Waals surface area (Å²) in [6, 6.07) is 13.0. The molecular weight excluding hydrogens is 137 g/mol. The normalized spacial score (nSPS) is 5.71. The van der Waals surface area contributed by atoms with Crippen molar-refractivity contribution in [3.63, 3.8) is 0 Å². The molecule has 0 spiro atoms. The van der Waals surface area contributed by atoms with Gasteiger partial charge in [0.25, 0.3) is 0 Å². The maximum absolute atomic E-state index is 2.77. The maximum atomic E-state index is 2.77. The third-order valence-electron chi connectivity index (χ3n) is 0.554. The van der Waals surface area contributed by atoms with Crippen LogP contribution in [0.2, 0.25) is 0 Å². The topological polar surface area (TPSA) is 0 Å². The Morgan fingerprint density at radius 1 is 0.857 bits per heavy atom. The molecule has 0 atom stereocenters. The minimum Gasteiger partial charge on any atom is -0.0702 e. The Bertz CT molecular complexity index is 76.1. The molecule has 0 N–H and O–H groups in total. The van der Waals surface area contributed by atoms with Gasteiger partial charge in [-0.05, 0) is 12.1 Å². The first-order valence-electron chi connectivity index (χ1n) is 1.83. The number of rotatable bonds is 0. The van der Waals surface area contributed by atoms with Crippen molar-refractivity contribution in [1.29, 1.82) is 0 Å². The molecule has 1 aromatic rings. The van der Waals surface area contributed by atoms with Crippen molar-refractivity contribution in [2.75, 3.05) is 0 Å².